The highest BCUT2D eigenvalue weighted by molar-refractivity contribution is 5.97. The molecule has 2 amide bonds. The molecule has 0 atom stereocenters. The molecule has 26 heavy (non-hydrogen) atoms. The largest absolute Gasteiger partial charge is 0.420 e. The van der Waals surface area contributed by atoms with Crippen LogP contribution in [0, 0.1) is 0 Å². The summed E-state index contributed by atoms with van der Waals surface area (Å²) < 4.78 is 6.42. The Morgan fingerprint density at radius 3 is 2.77 bits per heavy atom. The Bertz CT molecular complexity index is 1050. The highest BCUT2D eigenvalue weighted by atomic mass is 16.4. The van der Waals surface area contributed by atoms with Crippen LogP contribution < -0.4 is 16.0 Å². The van der Waals surface area contributed by atoms with Crippen molar-refractivity contribution in [3.05, 3.63) is 59.1 Å². The minimum Gasteiger partial charge on any atom is -0.408 e. The zero-order valence-corrected chi connectivity index (χ0v) is 14.0. The third-order valence-corrected chi connectivity index (χ3v) is 4.39. The van der Waals surface area contributed by atoms with Gasteiger partial charge in [-0.1, -0.05) is 18.2 Å². The van der Waals surface area contributed by atoms with E-state index in [-0.39, 0.29) is 18.4 Å². The molecule has 0 spiro atoms. The summed E-state index contributed by atoms with van der Waals surface area (Å²) in [6.07, 6.45) is 1.39. The van der Waals surface area contributed by atoms with Gasteiger partial charge in [0.2, 0.25) is 11.8 Å². The molecule has 1 aromatic heterocycles. The number of anilines is 2. The van der Waals surface area contributed by atoms with Crippen LogP contribution in [0.4, 0.5) is 11.4 Å². The van der Waals surface area contributed by atoms with E-state index in [0.717, 1.165) is 12.1 Å². The van der Waals surface area contributed by atoms with Crippen molar-refractivity contribution in [2.75, 3.05) is 16.8 Å². The predicted octanol–water partition coefficient (Wildman–Crippen LogP) is 2.36. The standard InChI is InChI=1S/C19H17N3O4/c23-17(12-22-15-7-1-2-8-16(15)26-19(22)25)20-13-5-3-6-14(11-13)21-10-4-9-18(21)24/h1-3,5-8,11H,4,9-10,12H2,(H,20,23). The fourth-order valence-electron chi connectivity index (χ4n) is 3.18. The van der Waals surface area contributed by atoms with Gasteiger partial charge >= 0.3 is 5.76 Å². The van der Waals surface area contributed by atoms with E-state index in [1.807, 2.05) is 6.07 Å². The monoisotopic (exact) mass is 351 g/mol. The molecule has 0 saturated carbocycles. The molecule has 2 aromatic carbocycles. The highest BCUT2D eigenvalue weighted by Crippen LogP contribution is 2.24. The van der Waals surface area contributed by atoms with Crippen molar-refractivity contribution in [1.29, 1.82) is 0 Å². The van der Waals surface area contributed by atoms with Gasteiger partial charge in [0.05, 0.1) is 5.52 Å². The van der Waals surface area contributed by atoms with Crippen molar-refractivity contribution in [2.24, 2.45) is 0 Å². The number of hydrogen-bond donors (Lipinski definition) is 1. The van der Waals surface area contributed by atoms with Crippen LogP contribution in [0.2, 0.25) is 0 Å². The van der Waals surface area contributed by atoms with E-state index in [4.69, 9.17) is 4.42 Å². The first kappa shape index (κ1) is 16.1. The van der Waals surface area contributed by atoms with Gasteiger partial charge in [-0.2, -0.15) is 0 Å². The van der Waals surface area contributed by atoms with Crippen molar-refractivity contribution in [3.63, 3.8) is 0 Å². The van der Waals surface area contributed by atoms with Crippen LogP contribution in [0.15, 0.2) is 57.7 Å². The Morgan fingerprint density at radius 1 is 1.12 bits per heavy atom. The van der Waals surface area contributed by atoms with Crippen LogP contribution in [0.1, 0.15) is 12.8 Å². The minimum absolute atomic E-state index is 0.0879. The van der Waals surface area contributed by atoms with Crippen LogP contribution >= 0.6 is 0 Å². The molecule has 1 fully saturated rings. The van der Waals surface area contributed by atoms with Gasteiger partial charge in [0.1, 0.15) is 6.54 Å². The summed E-state index contributed by atoms with van der Waals surface area (Å²) in [6, 6.07) is 14.1. The second kappa shape index (κ2) is 6.51. The van der Waals surface area contributed by atoms with E-state index < -0.39 is 5.76 Å². The highest BCUT2D eigenvalue weighted by Gasteiger charge is 2.22. The summed E-state index contributed by atoms with van der Waals surface area (Å²) in [5.41, 5.74) is 2.35. The lowest BCUT2D eigenvalue weighted by atomic mass is 10.2. The van der Waals surface area contributed by atoms with Gasteiger partial charge < -0.3 is 14.6 Å². The first-order valence-electron chi connectivity index (χ1n) is 8.40. The fraction of sp³-hybridized carbons (Fsp3) is 0.211. The summed E-state index contributed by atoms with van der Waals surface area (Å²) in [5, 5.41) is 2.77. The van der Waals surface area contributed by atoms with Crippen LogP contribution in [0.25, 0.3) is 11.1 Å². The van der Waals surface area contributed by atoms with Crippen LogP contribution in [-0.2, 0) is 16.1 Å². The van der Waals surface area contributed by atoms with Crippen molar-refractivity contribution in [3.8, 4) is 0 Å². The Hall–Kier alpha value is -3.35. The van der Waals surface area contributed by atoms with Gasteiger partial charge in [-0.25, -0.2) is 4.79 Å². The molecule has 7 heteroatoms. The summed E-state index contributed by atoms with van der Waals surface area (Å²) in [4.78, 5) is 37.9. The number of amides is 2. The van der Waals surface area contributed by atoms with Crippen molar-refractivity contribution in [1.82, 2.24) is 4.57 Å². The molecule has 1 aliphatic rings. The molecule has 0 radical (unpaired) electrons. The first-order chi connectivity index (χ1) is 12.6. The lowest BCUT2D eigenvalue weighted by Gasteiger charge is -2.16. The maximum Gasteiger partial charge on any atom is 0.420 e. The van der Waals surface area contributed by atoms with Crippen molar-refractivity contribution < 1.29 is 14.0 Å². The van der Waals surface area contributed by atoms with Crippen molar-refractivity contribution in [2.45, 2.75) is 19.4 Å². The number of para-hydroxylation sites is 2. The lowest BCUT2D eigenvalue weighted by Crippen LogP contribution is -2.25. The summed E-state index contributed by atoms with van der Waals surface area (Å²) in [6.45, 7) is 0.537. The minimum atomic E-state index is -0.572. The molecule has 1 saturated heterocycles. The SMILES string of the molecule is O=C(Cn1c(=O)oc2ccccc21)Nc1cccc(N2CCCC2=O)c1. The van der Waals surface area contributed by atoms with Gasteiger partial charge in [-0.15, -0.1) is 0 Å². The second-order valence-electron chi connectivity index (χ2n) is 6.17. The second-order valence-corrected chi connectivity index (χ2v) is 6.17. The Kier molecular flexibility index (Phi) is 4.04. The van der Waals surface area contributed by atoms with Gasteiger partial charge in [-0.3, -0.25) is 14.2 Å². The molecule has 0 aliphatic carbocycles. The predicted molar refractivity (Wildman–Crippen MR) is 97.1 cm³/mol. The number of rotatable bonds is 4. The summed E-state index contributed by atoms with van der Waals surface area (Å²) in [7, 11) is 0. The molecule has 4 rings (SSSR count). The number of hydrogen-bond acceptors (Lipinski definition) is 4. The average molecular weight is 351 g/mol. The molecule has 1 aliphatic heterocycles. The number of nitrogens with zero attached hydrogens (tertiary/aromatic N) is 2. The third-order valence-electron chi connectivity index (χ3n) is 4.39. The number of nitrogens with one attached hydrogen (secondary N) is 1. The third kappa shape index (κ3) is 2.99. The zero-order chi connectivity index (χ0) is 18.1. The fourth-order valence-corrected chi connectivity index (χ4v) is 3.18. The summed E-state index contributed by atoms with van der Waals surface area (Å²) >= 11 is 0. The molecule has 132 valence electrons. The molecule has 0 bridgehead atoms. The van der Waals surface area contributed by atoms with E-state index in [9.17, 15) is 14.4 Å². The molecule has 0 unspecified atom stereocenters. The molecule has 7 nitrogen and oxygen atoms in total. The summed E-state index contributed by atoms with van der Waals surface area (Å²) in [5.74, 6) is -0.828. The maximum atomic E-state index is 12.4. The van der Waals surface area contributed by atoms with E-state index in [0.29, 0.717) is 29.8 Å². The Balaban J connectivity index is 1.52. The Morgan fingerprint density at radius 2 is 1.96 bits per heavy atom. The van der Waals surface area contributed by atoms with Crippen LogP contribution in [-0.4, -0.2) is 22.9 Å². The average Bonchev–Trinajstić information content (AvgIpc) is 3.19. The topological polar surface area (TPSA) is 84.5 Å². The van der Waals surface area contributed by atoms with Crippen LogP contribution in [0.3, 0.4) is 0 Å². The van der Waals surface area contributed by atoms with E-state index in [1.165, 1.54) is 4.57 Å². The molecule has 3 aromatic rings. The normalized spacial score (nSPS) is 14.2. The first-order valence-corrected chi connectivity index (χ1v) is 8.40. The van der Waals surface area contributed by atoms with E-state index in [1.54, 1.807) is 47.4 Å². The van der Waals surface area contributed by atoms with Gasteiger partial charge in [0, 0.05) is 24.3 Å². The zero-order valence-electron chi connectivity index (χ0n) is 14.0. The van der Waals surface area contributed by atoms with Gasteiger partial charge in [0.25, 0.3) is 0 Å². The number of aromatic nitrogens is 1. The number of benzene rings is 2. The number of carbonyl (C=O) groups excluding carboxylic acids is 2. The number of oxazole rings is 1. The lowest BCUT2D eigenvalue weighted by molar-refractivity contribution is -0.117. The van der Waals surface area contributed by atoms with Gasteiger partial charge in [0.15, 0.2) is 5.58 Å². The molecular weight excluding hydrogens is 334 g/mol. The molecule has 2 heterocycles. The maximum absolute atomic E-state index is 12.4. The molecule has 1 N–H and O–H groups in total. The van der Waals surface area contributed by atoms with Crippen molar-refractivity contribution >= 4 is 34.3 Å². The van der Waals surface area contributed by atoms with E-state index >= 15 is 0 Å². The van der Waals surface area contributed by atoms with Crippen LogP contribution in [0.5, 0.6) is 0 Å². The quantitative estimate of drug-likeness (QED) is 0.782. The number of fused-ring (bicyclic) bond motifs is 1. The van der Waals surface area contributed by atoms with Gasteiger partial charge in [-0.05, 0) is 36.8 Å². The Labute approximate surface area is 148 Å². The smallest absolute Gasteiger partial charge is 0.408 e. The molecular formula is C19H17N3O4. The van der Waals surface area contributed by atoms with E-state index in [2.05, 4.69) is 5.32 Å². The number of carbonyl (C=O) groups is 2.